The number of carbonyl (C=O) groups excluding carboxylic acids is 1. The second-order valence-corrected chi connectivity index (χ2v) is 20.7. The van der Waals surface area contributed by atoms with E-state index in [0.29, 0.717) is 30.4 Å². The van der Waals surface area contributed by atoms with Crippen LogP contribution in [0.15, 0.2) is 59.3 Å². The molecule has 4 N–H and O–H groups in total. The smallest absolute Gasteiger partial charge is 0.333 e. The van der Waals surface area contributed by atoms with Gasteiger partial charge in [-0.15, -0.1) is 0 Å². The predicted molar refractivity (Wildman–Crippen MR) is 239 cm³/mol. The molecule has 0 saturated carbocycles. The van der Waals surface area contributed by atoms with Crippen LogP contribution in [0, 0.1) is 23.7 Å². The first kappa shape index (κ1) is 51.5. The van der Waals surface area contributed by atoms with Crippen molar-refractivity contribution in [3.8, 4) is 0 Å². The molecule has 1 unspecified atom stereocenters. The summed E-state index contributed by atoms with van der Waals surface area (Å²) in [6.07, 6.45) is 6.58. The standard InChI is InChI=1S/C48H73NO16S/c1-11-25(2)42-28(5)17-18-47(64-42)23-34-20-33(63-47)16-15-27(4)41(26(3)13-12-14-32-24-57-45-40(50)29(6)19-35(46(51)60-34)48(32,45)52)61-38-21-36(55-9)43(30(7)58-38)62-39-22-37(56-10)44(31(8)59-39)65-66(49,53)54/h12-15,17-19,25-26,28,30-31,33-45,50,52H,11,16,20-24H2,1-10H3,(H2,49,53,54)/b13-12+,27-15+,32-14+/t25?,26-,28-,30-,31-,33+,34-,35-,36-,37-,38-,39-,40+,41-,42+,43-,44+,45+,47+,48+/m0/s1. The van der Waals surface area contributed by atoms with E-state index in [0.717, 1.165) is 12.0 Å². The molecule has 4 fully saturated rings. The van der Waals surface area contributed by atoms with Crippen LogP contribution in [0.4, 0.5) is 0 Å². The Bertz CT molecular complexity index is 1990. The molecule has 18 heteroatoms. The van der Waals surface area contributed by atoms with Crippen molar-refractivity contribution in [2.45, 2.75) is 191 Å². The summed E-state index contributed by atoms with van der Waals surface area (Å²) in [4.78, 5) is 14.4. The van der Waals surface area contributed by atoms with Crippen LogP contribution in [0.3, 0.4) is 0 Å². The Morgan fingerprint density at radius 3 is 2.24 bits per heavy atom. The van der Waals surface area contributed by atoms with Gasteiger partial charge in [0.1, 0.15) is 42.0 Å². The number of carbonyl (C=O) groups is 1. The molecule has 0 aromatic carbocycles. The Balaban J connectivity index is 1.16. The lowest BCUT2D eigenvalue weighted by Gasteiger charge is -2.48. The highest BCUT2D eigenvalue weighted by Gasteiger charge is 2.60. The summed E-state index contributed by atoms with van der Waals surface area (Å²) >= 11 is 0. The summed E-state index contributed by atoms with van der Waals surface area (Å²) in [6, 6.07) is 0. The zero-order valence-electron chi connectivity index (χ0n) is 40.0. The minimum Gasteiger partial charge on any atom is -0.462 e. The van der Waals surface area contributed by atoms with Crippen LogP contribution in [0.25, 0.3) is 0 Å². The lowest BCUT2D eigenvalue weighted by Crippen LogP contribution is -2.58. The van der Waals surface area contributed by atoms with Gasteiger partial charge in [0.05, 0.1) is 49.3 Å². The van der Waals surface area contributed by atoms with Gasteiger partial charge in [-0.05, 0) is 62.8 Å². The molecule has 17 nitrogen and oxygen atoms in total. The molecule has 0 aromatic rings. The fraction of sp³-hybridized carbons (Fsp3) is 0.771. The third-order valence-corrected chi connectivity index (χ3v) is 15.2. The second kappa shape index (κ2) is 20.9. The van der Waals surface area contributed by atoms with Crippen molar-refractivity contribution in [1.29, 1.82) is 0 Å². The average molecular weight is 952 g/mol. The van der Waals surface area contributed by atoms with Gasteiger partial charge < -0.3 is 57.6 Å². The number of aliphatic hydroxyl groups is 2. The SMILES string of the molecule is CCC(C)[C@H]1O[C@]2(C=C[C@@H]1C)C[C@@H]1C[C@@H](C/C=C(\C)[C@@H](O[C@H]3C[C@H](OC)[C@@H](O[C@H]4C[C@H](OC)[C@H](OS(N)(=O)=O)[C@H](C)O4)[C@H](C)O3)[C@@H](C)/C=C/C=C3\CO[C@@H]4[C@H](O)C(C)=C[C@@H](C(=O)O1)[C@]34O)O2. The van der Waals surface area contributed by atoms with Crippen molar-refractivity contribution in [2.24, 2.45) is 28.8 Å². The first-order chi connectivity index (χ1) is 31.2. The number of allylic oxidation sites excluding steroid dienone is 2. The van der Waals surface area contributed by atoms with Crippen molar-refractivity contribution < 1.29 is 75.0 Å². The fourth-order valence-corrected chi connectivity index (χ4v) is 11.4. The van der Waals surface area contributed by atoms with E-state index in [1.165, 1.54) is 7.11 Å². The Morgan fingerprint density at radius 1 is 0.909 bits per heavy atom. The largest absolute Gasteiger partial charge is 0.462 e. The summed E-state index contributed by atoms with van der Waals surface area (Å²) in [7, 11) is -1.21. The molecule has 4 saturated heterocycles. The quantitative estimate of drug-likeness (QED) is 0.201. The number of hydrogen-bond acceptors (Lipinski definition) is 16. The second-order valence-electron chi connectivity index (χ2n) is 19.5. The first-order valence-corrected chi connectivity index (χ1v) is 25.0. The molecule has 0 radical (unpaired) electrons. The van der Waals surface area contributed by atoms with Crippen LogP contribution in [0.2, 0.25) is 0 Å². The fourth-order valence-electron chi connectivity index (χ4n) is 10.8. The molecule has 0 aromatic heterocycles. The normalized spacial score (nSPS) is 47.1. The Kier molecular flexibility index (Phi) is 16.3. The number of hydrogen-bond donors (Lipinski definition) is 3. The maximum absolute atomic E-state index is 14.4. The average Bonchev–Trinajstić information content (AvgIpc) is 3.60. The van der Waals surface area contributed by atoms with E-state index in [9.17, 15) is 23.4 Å². The molecule has 1 spiro atoms. The molecule has 7 aliphatic rings. The van der Waals surface area contributed by atoms with Crippen molar-refractivity contribution in [2.75, 3.05) is 20.8 Å². The highest BCUT2D eigenvalue weighted by Crippen LogP contribution is 2.47. The Morgan fingerprint density at radius 2 is 1.58 bits per heavy atom. The minimum atomic E-state index is -4.26. The number of aliphatic hydroxyl groups excluding tert-OH is 1. The number of ether oxygens (including phenoxy) is 10. The Labute approximate surface area is 390 Å². The third-order valence-electron chi connectivity index (χ3n) is 14.7. The highest BCUT2D eigenvalue weighted by molar-refractivity contribution is 7.84. The molecule has 372 valence electrons. The van der Waals surface area contributed by atoms with Crippen molar-refractivity contribution in [3.63, 3.8) is 0 Å². The molecular formula is C48H73NO16S. The van der Waals surface area contributed by atoms with Gasteiger partial charge in [-0.1, -0.05) is 70.6 Å². The van der Waals surface area contributed by atoms with Crippen LogP contribution >= 0.6 is 0 Å². The number of rotatable bonds is 10. The lowest BCUT2D eigenvalue weighted by atomic mass is 9.71. The van der Waals surface area contributed by atoms with E-state index in [1.807, 2.05) is 39.0 Å². The number of esters is 1. The predicted octanol–water partition coefficient (Wildman–Crippen LogP) is 4.61. The summed E-state index contributed by atoms with van der Waals surface area (Å²) in [5, 5.41) is 28.9. The molecule has 0 amide bonds. The first-order valence-electron chi connectivity index (χ1n) is 23.6. The van der Waals surface area contributed by atoms with E-state index in [-0.39, 0.29) is 43.3 Å². The van der Waals surface area contributed by atoms with Crippen molar-refractivity contribution >= 4 is 16.3 Å². The molecule has 6 aliphatic heterocycles. The summed E-state index contributed by atoms with van der Waals surface area (Å²) in [5.74, 6) is -2.72. The molecule has 2 bridgehead atoms. The summed E-state index contributed by atoms with van der Waals surface area (Å²) in [6.45, 7) is 15.8. The Hall–Kier alpha value is -2.40. The van der Waals surface area contributed by atoms with Gasteiger partial charge in [0, 0.05) is 51.7 Å². The van der Waals surface area contributed by atoms with Crippen LogP contribution in [0.5, 0.6) is 0 Å². The van der Waals surface area contributed by atoms with Gasteiger partial charge >= 0.3 is 16.3 Å². The zero-order valence-corrected chi connectivity index (χ0v) is 40.8. The van der Waals surface area contributed by atoms with Crippen molar-refractivity contribution in [3.05, 3.63) is 59.3 Å². The highest BCUT2D eigenvalue weighted by atomic mass is 32.2. The van der Waals surface area contributed by atoms with Gasteiger partial charge in [0.25, 0.3) is 0 Å². The maximum Gasteiger partial charge on any atom is 0.333 e. The van der Waals surface area contributed by atoms with Gasteiger partial charge in [0.2, 0.25) is 0 Å². The monoisotopic (exact) mass is 951 g/mol. The van der Waals surface area contributed by atoms with Crippen LogP contribution in [0.1, 0.15) is 93.9 Å². The van der Waals surface area contributed by atoms with Crippen LogP contribution in [-0.4, -0.2) is 143 Å². The number of methoxy groups -OCH3 is 2. The molecular weight excluding hydrogens is 879 g/mol. The number of nitrogens with two attached hydrogens (primary N) is 1. The molecule has 66 heavy (non-hydrogen) atoms. The maximum atomic E-state index is 14.4. The minimum absolute atomic E-state index is 0.00727. The summed E-state index contributed by atoms with van der Waals surface area (Å²) < 4.78 is 92.4. The molecule has 7 rings (SSSR count). The lowest BCUT2D eigenvalue weighted by molar-refractivity contribution is -0.317. The van der Waals surface area contributed by atoms with E-state index >= 15 is 0 Å². The molecule has 6 heterocycles. The van der Waals surface area contributed by atoms with Gasteiger partial charge in [0.15, 0.2) is 18.4 Å². The molecule has 20 atom stereocenters. The van der Waals surface area contributed by atoms with E-state index in [4.69, 9.17) is 56.7 Å². The third kappa shape index (κ3) is 11.0. The van der Waals surface area contributed by atoms with Gasteiger partial charge in [-0.25, -0.2) is 9.32 Å². The number of fused-ring (bicyclic) bond motifs is 2. The van der Waals surface area contributed by atoms with E-state index in [2.05, 4.69) is 32.9 Å². The van der Waals surface area contributed by atoms with Crippen molar-refractivity contribution in [1.82, 2.24) is 0 Å². The summed E-state index contributed by atoms with van der Waals surface area (Å²) in [5.41, 5.74) is 0.0251. The van der Waals surface area contributed by atoms with E-state index in [1.54, 1.807) is 33.1 Å². The van der Waals surface area contributed by atoms with Gasteiger partial charge in [-0.3, -0.25) is 4.79 Å². The van der Waals surface area contributed by atoms with Gasteiger partial charge in [-0.2, -0.15) is 8.42 Å². The molecule has 1 aliphatic carbocycles. The zero-order chi connectivity index (χ0) is 47.9. The van der Waals surface area contributed by atoms with Crippen LogP contribution < -0.4 is 5.14 Å². The van der Waals surface area contributed by atoms with E-state index < -0.39 is 113 Å². The van der Waals surface area contributed by atoms with Crippen LogP contribution in [-0.2, 0) is 66.7 Å². The topological polar surface area (TPSA) is 219 Å².